The summed E-state index contributed by atoms with van der Waals surface area (Å²) in [7, 11) is -1.41. The van der Waals surface area contributed by atoms with Gasteiger partial charge < -0.3 is 39.3 Å². The molecule has 2 aliphatic rings. The van der Waals surface area contributed by atoms with Crippen LogP contribution in [0.5, 0.6) is 11.5 Å². The van der Waals surface area contributed by atoms with Crippen molar-refractivity contribution in [2.24, 2.45) is 11.8 Å². The highest BCUT2D eigenvalue weighted by Crippen LogP contribution is 2.30. The number of carbonyl (C=O) groups is 2. The summed E-state index contributed by atoms with van der Waals surface area (Å²) in [5.74, 6) is 3.51. The second-order valence-corrected chi connectivity index (χ2v) is 18.2. The monoisotopic (exact) mass is 1050 g/mol. The second-order valence-electron chi connectivity index (χ2n) is 17.0. The molecule has 0 aliphatic carbocycles. The number of fused-ring (bicyclic) bond motifs is 10. The van der Waals surface area contributed by atoms with Crippen LogP contribution in [0.1, 0.15) is 58.8 Å². The summed E-state index contributed by atoms with van der Waals surface area (Å²) in [4.78, 5) is 43.5. The quantitative estimate of drug-likeness (QED) is 0.100. The van der Waals surface area contributed by atoms with E-state index in [9.17, 15) is 9.59 Å². The first kappa shape index (κ1) is 49.0. The molecule has 2 aromatic carbocycles. The van der Waals surface area contributed by atoms with Crippen molar-refractivity contribution in [1.29, 1.82) is 0 Å². The largest absolute Gasteiger partial charge is 0.493 e. The van der Waals surface area contributed by atoms with E-state index in [1.165, 1.54) is 6.20 Å². The number of hydrogen-bond donors (Lipinski definition) is 4. The Kier molecular flexibility index (Phi) is 16.0. The fourth-order valence-electron chi connectivity index (χ4n) is 7.48. The number of halogens is 1. The predicted octanol–water partition coefficient (Wildman–Crippen LogP) is 7.07. The van der Waals surface area contributed by atoms with Gasteiger partial charge in [0.05, 0.1) is 24.3 Å². The van der Waals surface area contributed by atoms with Crippen LogP contribution in [0.4, 0.5) is 11.6 Å². The number of nitrogens with one attached hydrogen (secondary N) is 2. The SMILES string of the molecule is CC1CCOc2ccc(I)cc2C(=O)Nc2cccc(n2)-c2nncn2C1.Cc1ccc(-c2ccc3c(c2)C(=O)Nc2cccc(n2)-c2nncn2CC(C)CCO3)cn1.Cc1ccc(B(O)O)cn1. The minimum atomic E-state index is -1.41. The molecule has 0 spiro atoms. The minimum Gasteiger partial charge on any atom is -0.493 e. The fraction of sp³-hybridized carbons (Fsp3) is 0.240. The van der Waals surface area contributed by atoms with Crippen LogP contribution in [-0.2, 0) is 13.1 Å². The van der Waals surface area contributed by atoms with E-state index in [1.54, 1.807) is 36.9 Å². The Balaban J connectivity index is 0.000000160. The Morgan fingerprint density at radius 3 is 1.67 bits per heavy atom. The van der Waals surface area contributed by atoms with Crippen LogP contribution >= 0.6 is 22.6 Å². The Labute approximate surface area is 418 Å². The lowest BCUT2D eigenvalue weighted by Crippen LogP contribution is -2.29. The molecule has 0 fully saturated rings. The lowest BCUT2D eigenvalue weighted by Gasteiger charge is -2.17. The maximum atomic E-state index is 13.3. The van der Waals surface area contributed by atoms with E-state index >= 15 is 0 Å². The topological polar surface area (TPSA) is 230 Å². The molecule has 2 aliphatic heterocycles. The van der Waals surface area contributed by atoms with E-state index in [1.807, 2.05) is 102 Å². The van der Waals surface area contributed by atoms with Gasteiger partial charge in [-0.05, 0) is 133 Å². The second kappa shape index (κ2) is 22.8. The number of hydrogen-bond acceptors (Lipinski definition) is 14. The molecular formula is C50H50BIN12O6. The number of amides is 2. The highest BCUT2D eigenvalue weighted by Gasteiger charge is 2.21. The summed E-state index contributed by atoms with van der Waals surface area (Å²) in [5, 5.41) is 39.6. The van der Waals surface area contributed by atoms with E-state index in [-0.39, 0.29) is 11.8 Å². The summed E-state index contributed by atoms with van der Waals surface area (Å²) < 4.78 is 16.9. The fourth-order valence-corrected chi connectivity index (χ4v) is 7.97. The van der Waals surface area contributed by atoms with Gasteiger partial charge in [0, 0.05) is 51.5 Å². The zero-order valence-electron chi connectivity index (χ0n) is 38.9. The average molecular weight is 1050 g/mol. The molecule has 10 rings (SSSR count). The van der Waals surface area contributed by atoms with Crippen LogP contribution in [0.25, 0.3) is 34.2 Å². The van der Waals surface area contributed by atoms with Crippen molar-refractivity contribution in [3.63, 3.8) is 0 Å². The zero-order valence-corrected chi connectivity index (χ0v) is 41.1. The van der Waals surface area contributed by atoms with Crippen LogP contribution in [0.15, 0.2) is 122 Å². The molecule has 8 aromatic rings. The zero-order chi connectivity index (χ0) is 49.1. The van der Waals surface area contributed by atoms with Crippen LogP contribution in [0, 0.1) is 29.3 Å². The first-order valence-corrected chi connectivity index (χ1v) is 23.7. The average Bonchev–Trinajstić information content (AvgIpc) is 4.02. The number of pyridine rings is 4. The van der Waals surface area contributed by atoms with Gasteiger partial charge in [-0.1, -0.05) is 44.2 Å². The van der Waals surface area contributed by atoms with Crippen molar-refractivity contribution >= 4 is 58.6 Å². The van der Waals surface area contributed by atoms with Gasteiger partial charge in [-0.15, -0.1) is 20.4 Å². The third-order valence-electron chi connectivity index (χ3n) is 11.3. The standard InChI is InChI=1S/C25H24N6O2.C19H18IN5O2.C6H8BNO2/c1-16-10-11-33-22-9-8-18(19-7-6-17(2)26-13-19)12-20(22)25(32)29-23-5-3-4-21(28-23)24-30-27-15-31(24)14-16;1-12-7-8-27-16-6-5-13(20)9-14(16)19(26)23-17-4-2-3-15(22-17)18-24-21-11-25(18)10-12;1-5-2-3-6(4-8-5)7(9)10/h3-9,12-13,15-16H,10-11,14H2,1-2H3,(H,28,29,32);2-6,9,11-12H,7-8,10H2,1H3,(H,22,23,26);2-4,9-10H,1H3. The number of benzene rings is 2. The van der Waals surface area contributed by atoms with Crippen LogP contribution < -0.4 is 25.6 Å². The summed E-state index contributed by atoms with van der Waals surface area (Å²) in [5.41, 5.74) is 6.34. The molecular weight excluding hydrogens is 1000 g/mol. The molecule has 8 heterocycles. The van der Waals surface area contributed by atoms with Gasteiger partial charge in [-0.2, -0.15) is 0 Å². The summed E-state index contributed by atoms with van der Waals surface area (Å²) in [6, 6.07) is 29.5. The molecule has 20 heteroatoms. The summed E-state index contributed by atoms with van der Waals surface area (Å²) in [6.45, 7) is 10.6. The third kappa shape index (κ3) is 12.6. The summed E-state index contributed by atoms with van der Waals surface area (Å²) in [6.07, 6.45) is 8.33. The maximum absolute atomic E-state index is 13.3. The highest BCUT2D eigenvalue weighted by atomic mass is 127. The Morgan fingerprint density at radius 2 is 1.16 bits per heavy atom. The Bertz CT molecular complexity index is 3080. The van der Waals surface area contributed by atoms with Gasteiger partial charge in [0.15, 0.2) is 11.6 Å². The molecule has 18 nitrogen and oxygen atoms in total. The molecule has 6 aromatic heterocycles. The van der Waals surface area contributed by atoms with E-state index < -0.39 is 7.12 Å². The molecule has 4 N–H and O–H groups in total. The van der Waals surface area contributed by atoms with Gasteiger partial charge in [0.1, 0.15) is 47.2 Å². The number of anilines is 2. The molecule has 356 valence electrons. The van der Waals surface area contributed by atoms with Crippen molar-refractivity contribution in [3.8, 4) is 45.7 Å². The van der Waals surface area contributed by atoms with Crippen LogP contribution in [-0.4, -0.2) is 91.7 Å². The number of aryl methyl sites for hydroxylation is 2. The van der Waals surface area contributed by atoms with Crippen LogP contribution in [0.2, 0.25) is 0 Å². The molecule has 2 amide bonds. The first-order valence-electron chi connectivity index (χ1n) is 22.6. The van der Waals surface area contributed by atoms with Gasteiger partial charge in [-0.3, -0.25) is 19.6 Å². The van der Waals surface area contributed by atoms with E-state index in [4.69, 9.17) is 19.5 Å². The summed E-state index contributed by atoms with van der Waals surface area (Å²) >= 11 is 2.19. The number of nitrogens with zero attached hydrogens (tertiary/aromatic N) is 10. The van der Waals surface area contributed by atoms with Gasteiger partial charge in [0.2, 0.25) is 0 Å². The molecule has 0 saturated heterocycles. The lowest BCUT2D eigenvalue weighted by molar-refractivity contribution is 0.101. The lowest BCUT2D eigenvalue weighted by atomic mass is 9.82. The van der Waals surface area contributed by atoms with E-state index in [2.05, 4.69) is 87.4 Å². The Morgan fingerprint density at radius 1 is 0.643 bits per heavy atom. The number of rotatable bonds is 2. The van der Waals surface area contributed by atoms with E-state index in [0.717, 1.165) is 52.0 Å². The van der Waals surface area contributed by atoms with Crippen molar-refractivity contribution in [2.75, 3.05) is 23.8 Å². The normalized spacial score (nSPS) is 15.5. The van der Waals surface area contributed by atoms with Crippen molar-refractivity contribution in [1.82, 2.24) is 49.5 Å². The van der Waals surface area contributed by atoms with Gasteiger partial charge in [-0.25, -0.2) is 9.97 Å². The molecule has 0 saturated carbocycles. The molecule has 70 heavy (non-hydrogen) atoms. The van der Waals surface area contributed by atoms with Crippen molar-refractivity contribution < 1.29 is 29.1 Å². The van der Waals surface area contributed by atoms with Crippen LogP contribution in [0.3, 0.4) is 0 Å². The molecule has 2 unspecified atom stereocenters. The number of ether oxygens (including phenoxy) is 2. The predicted molar refractivity (Wildman–Crippen MR) is 273 cm³/mol. The molecule has 0 radical (unpaired) electrons. The van der Waals surface area contributed by atoms with Gasteiger partial charge in [0.25, 0.3) is 11.8 Å². The molecule has 4 bridgehead atoms. The van der Waals surface area contributed by atoms with Crippen molar-refractivity contribution in [2.45, 2.75) is 53.6 Å². The van der Waals surface area contributed by atoms with Gasteiger partial charge >= 0.3 is 7.12 Å². The first-order chi connectivity index (χ1) is 33.9. The minimum absolute atomic E-state index is 0.250. The Hall–Kier alpha value is -7.43. The number of aromatic nitrogens is 10. The van der Waals surface area contributed by atoms with E-state index in [0.29, 0.717) is 87.8 Å². The number of carbonyl (C=O) groups excluding carboxylic acids is 2. The maximum Gasteiger partial charge on any atom is 0.490 e. The third-order valence-corrected chi connectivity index (χ3v) is 12.0. The smallest absolute Gasteiger partial charge is 0.490 e. The molecule has 2 atom stereocenters. The highest BCUT2D eigenvalue weighted by molar-refractivity contribution is 14.1. The van der Waals surface area contributed by atoms with Crippen molar-refractivity contribution in [3.05, 3.63) is 148 Å².